The third-order valence-electron chi connectivity index (χ3n) is 5.37. The number of halogens is 1. The number of hydrogen-bond acceptors (Lipinski definition) is 5. The van der Waals surface area contributed by atoms with Gasteiger partial charge in [-0.3, -0.25) is 14.6 Å². The van der Waals surface area contributed by atoms with Crippen LogP contribution in [0.15, 0.2) is 48.9 Å². The molecule has 0 radical (unpaired) electrons. The number of anilines is 1. The van der Waals surface area contributed by atoms with Crippen LogP contribution in [0.4, 0.5) is 10.2 Å². The van der Waals surface area contributed by atoms with Crippen molar-refractivity contribution in [2.24, 2.45) is 0 Å². The van der Waals surface area contributed by atoms with Crippen molar-refractivity contribution in [1.82, 2.24) is 30.3 Å². The second-order valence-corrected chi connectivity index (χ2v) is 7.34. The first kappa shape index (κ1) is 18.4. The van der Waals surface area contributed by atoms with Gasteiger partial charge in [-0.25, -0.2) is 9.37 Å². The van der Waals surface area contributed by atoms with E-state index in [1.807, 2.05) is 23.1 Å². The van der Waals surface area contributed by atoms with Gasteiger partial charge in [0.1, 0.15) is 11.6 Å². The highest BCUT2D eigenvalue weighted by atomic mass is 19.1. The quantitative estimate of drug-likeness (QED) is 0.484. The average molecular weight is 405 g/mol. The maximum Gasteiger partial charge on any atom is 0.256 e. The topological polar surface area (TPSA) is 101 Å². The largest absolute Gasteiger partial charge is 0.317 e. The lowest BCUT2D eigenvalue weighted by Crippen LogP contribution is -2.29. The van der Waals surface area contributed by atoms with E-state index in [0.717, 1.165) is 37.1 Å². The molecule has 0 aliphatic carbocycles. The zero-order valence-electron chi connectivity index (χ0n) is 16.1. The first-order valence-corrected chi connectivity index (χ1v) is 9.84. The minimum Gasteiger partial charge on any atom is -0.317 e. The van der Waals surface area contributed by atoms with Crippen molar-refractivity contribution in [1.29, 1.82) is 0 Å². The number of piperidine rings is 1. The number of nitrogens with zero attached hydrogens (tertiary/aromatic N) is 4. The first-order valence-electron chi connectivity index (χ1n) is 9.84. The molecule has 5 rings (SSSR count). The predicted molar refractivity (Wildman–Crippen MR) is 111 cm³/mol. The van der Waals surface area contributed by atoms with E-state index < -0.39 is 5.82 Å². The highest BCUT2D eigenvalue weighted by Gasteiger charge is 2.17. The highest BCUT2D eigenvalue weighted by molar-refractivity contribution is 6.07. The third-order valence-corrected chi connectivity index (χ3v) is 5.37. The van der Waals surface area contributed by atoms with E-state index in [9.17, 15) is 9.18 Å². The molecule has 1 aliphatic heterocycles. The van der Waals surface area contributed by atoms with Crippen molar-refractivity contribution < 1.29 is 9.18 Å². The van der Waals surface area contributed by atoms with Crippen LogP contribution in [0.1, 0.15) is 29.2 Å². The van der Waals surface area contributed by atoms with Crippen LogP contribution in [0.2, 0.25) is 0 Å². The Morgan fingerprint density at radius 3 is 2.73 bits per heavy atom. The summed E-state index contributed by atoms with van der Waals surface area (Å²) in [6.45, 7) is 2.00. The van der Waals surface area contributed by atoms with E-state index in [2.05, 4.69) is 30.9 Å². The first-order chi connectivity index (χ1) is 14.7. The molecule has 0 bridgehead atoms. The molecule has 1 fully saturated rings. The number of pyridine rings is 1. The van der Waals surface area contributed by atoms with Gasteiger partial charge in [-0.1, -0.05) is 0 Å². The minimum absolute atomic E-state index is 0.353. The molecule has 0 spiro atoms. The zero-order chi connectivity index (χ0) is 20.5. The number of H-pyrrole nitrogens is 1. The molecule has 4 aromatic rings. The maximum absolute atomic E-state index is 13.1. The number of amides is 1. The molecular formula is C21H20FN7O. The van der Waals surface area contributed by atoms with Crippen molar-refractivity contribution in [3.63, 3.8) is 0 Å². The van der Waals surface area contributed by atoms with Crippen LogP contribution in [-0.2, 0) is 0 Å². The Hall–Kier alpha value is -3.59. The summed E-state index contributed by atoms with van der Waals surface area (Å²) in [7, 11) is 0. The molecule has 0 unspecified atom stereocenters. The molecule has 30 heavy (non-hydrogen) atoms. The molecule has 3 N–H and O–H groups in total. The molecule has 1 aliphatic rings. The second-order valence-electron chi connectivity index (χ2n) is 7.34. The van der Waals surface area contributed by atoms with Crippen molar-refractivity contribution in [2.75, 3.05) is 18.4 Å². The Balaban J connectivity index is 1.41. The Labute approximate surface area is 171 Å². The van der Waals surface area contributed by atoms with E-state index in [1.165, 1.54) is 24.3 Å². The lowest BCUT2D eigenvalue weighted by molar-refractivity contribution is 0.102. The highest BCUT2D eigenvalue weighted by Crippen LogP contribution is 2.27. The number of hydrogen-bond donors (Lipinski definition) is 3. The number of carbonyl (C=O) groups excluding carboxylic acids is 1. The number of fused-ring (bicyclic) bond motifs is 1. The summed E-state index contributed by atoms with van der Waals surface area (Å²) in [5.41, 5.74) is 2.70. The number of rotatable bonds is 4. The van der Waals surface area contributed by atoms with Crippen LogP contribution in [0.5, 0.6) is 0 Å². The van der Waals surface area contributed by atoms with Gasteiger partial charge in [-0.15, -0.1) is 0 Å². The Bertz CT molecular complexity index is 1190. The summed E-state index contributed by atoms with van der Waals surface area (Å²) < 4.78 is 15.1. The molecule has 1 saturated heterocycles. The van der Waals surface area contributed by atoms with Crippen LogP contribution in [0, 0.1) is 5.82 Å². The number of benzene rings is 1. The van der Waals surface area contributed by atoms with E-state index in [-0.39, 0.29) is 5.91 Å². The van der Waals surface area contributed by atoms with Gasteiger partial charge in [0.25, 0.3) is 5.91 Å². The van der Waals surface area contributed by atoms with Crippen LogP contribution < -0.4 is 10.6 Å². The lowest BCUT2D eigenvalue weighted by atomic mass is 10.1. The summed E-state index contributed by atoms with van der Waals surface area (Å²) in [6, 6.07) is 7.69. The molecule has 152 valence electrons. The standard InChI is InChI=1S/C21H20FN7O/c22-16-3-1-13(2-4-16)21(30)26-20-18-9-14(10-24-19(18)27-28-20)15-11-25-29(12-15)17-5-7-23-8-6-17/h1-4,9-12,17,23H,5-8H2,(H2,24,26,27,28,30). The normalized spacial score (nSPS) is 14.8. The monoisotopic (exact) mass is 405 g/mol. The van der Waals surface area contributed by atoms with Gasteiger partial charge in [-0.2, -0.15) is 10.2 Å². The fraction of sp³-hybridized carbons (Fsp3) is 0.238. The summed E-state index contributed by atoms with van der Waals surface area (Å²) in [6.07, 6.45) is 7.73. The number of carbonyl (C=O) groups is 1. The van der Waals surface area contributed by atoms with E-state index in [0.29, 0.717) is 28.5 Å². The van der Waals surface area contributed by atoms with E-state index in [1.54, 1.807) is 6.20 Å². The van der Waals surface area contributed by atoms with E-state index >= 15 is 0 Å². The van der Waals surface area contributed by atoms with Gasteiger partial charge in [0.2, 0.25) is 0 Å². The summed E-state index contributed by atoms with van der Waals surface area (Å²) in [5.74, 6) is -0.304. The Morgan fingerprint density at radius 2 is 1.93 bits per heavy atom. The van der Waals surface area contributed by atoms with Crippen LogP contribution in [0.3, 0.4) is 0 Å². The fourth-order valence-electron chi connectivity index (χ4n) is 3.70. The van der Waals surface area contributed by atoms with Crippen molar-refractivity contribution in [3.05, 3.63) is 60.3 Å². The van der Waals surface area contributed by atoms with Crippen LogP contribution >= 0.6 is 0 Å². The van der Waals surface area contributed by atoms with Gasteiger partial charge >= 0.3 is 0 Å². The number of aromatic nitrogens is 5. The third kappa shape index (κ3) is 3.55. The van der Waals surface area contributed by atoms with Gasteiger partial charge in [0, 0.05) is 29.1 Å². The van der Waals surface area contributed by atoms with Crippen molar-refractivity contribution in [2.45, 2.75) is 18.9 Å². The molecule has 3 aromatic heterocycles. The summed E-state index contributed by atoms with van der Waals surface area (Å²) in [5, 5.41) is 18.4. The van der Waals surface area contributed by atoms with Gasteiger partial charge in [0.05, 0.1) is 17.6 Å². The molecule has 1 aromatic carbocycles. The molecule has 9 heteroatoms. The minimum atomic E-state index is -0.391. The molecule has 8 nitrogen and oxygen atoms in total. The zero-order valence-corrected chi connectivity index (χ0v) is 16.1. The van der Waals surface area contributed by atoms with Gasteiger partial charge in [0.15, 0.2) is 5.65 Å². The van der Waals surface area contributed by atoms with Crippen LogP contribution in [0.25, 0.3) is 22.2 Å². The molecule has 0 atom stereocenters. The maximum atomic E-state index is 13.1. The van der Waals surface area contributed by atoms with Crippen molar-refractivity contribution >= 4 is 22.8 Å². The van der Waals surface area contributed by atoms with Crippen LogP contribution in [-0.4, -0.2) is 44.0 Å². The van der Waals surface area contributed by atoms with Crippen molar-refractivity contribution in [3.8, 4) is 11.1 Å². The lowest BCUT2D eigenvalue weighted by Gasteiger charge is -2.22. The molecule has 4 heterocycles. The summed E-state index contributed by atoms with van der Waals surface area (Å²) >= 11 is 0. The van der Waals surface area contributed by atoms with Gasteiger partial charge in [-0.05, 0) is 56.3 Å². The smallest absolute Gasteiger partial charge is 0.256 e. The predicted octanol–water partition coefficient (Wildman–Crippen LogP) is 3.14. The Kier molecular flexibility index (Phi) is 4.72. The Morgan fingerprint density at radius 1 is 1.13 bits per heavy atom. The fourth-order valence-corrected chi connectivity index (χ4v) is 3.70. The number of aromatic amines is 1. The SMILES string of the molecule is O=C(Nc1[nH]nc2ncc(-c3cnn(C4CCNCC4)c3)cc12)c1ccc(F)cc1. The average Bonchev–Trinajstić information content (AvgIpc) is 3.42. The molecule has 1 amide bonds. The molecule has 0 saturated carbocycles. The summed E-state index contributed by atoms with van der Waals surface area (Å²) in [4.78, 5) is 16.9. The molecular weight excluding hydrogens is 385 g/mol. The van der Waals surface area contributed by atoms with Gasteiger partial charge < -0.3 is 10.6 Å². The number of nitrogens with one attached hydrogen (secondary N) is 3. The van der Waals surface area contributed by atoms with E-state index in [4.69, 9.17) is 0 Å². The second kappa shape index (κ2) is 7.68.